The lowest BCUT2D eigenvalue weighted by Crippen LogP contribution is -2.05. The first-order chi connectivity index (χ1) is 13.6. The van der Waals surface area contributed by atoms with Gasteiger partial charge in [-0.3, -0.25) is 9.56 Å². The van der Waals surface area contributed by atoms with Crippen LogP contribution in [0, 0.1) is 6.92 Å². The first-order valence-corrected chi connectivity index (χ1v) is 11.2. The third-order valence-electron chi connectivity index (χ3n) is 4.96. The van der Waals surface area contributed by atoms with E-state index in [1.807, 2.05) is 36.5 Å². The van der Waals surface area contributed by atoms with Gasteiger partial charge in [0.25, 0.3) is 0 Å². The van der Waals surface area contributed by atoms with Crippen molar-refractivity contribution in [1.82, 2.24) is 14.8 Å². The van der Waals surface area contributed by atoms with Crippen LogP contribution in [0.3, 0.4) is 0 Å². The highest BCUT2D eigenvalue weighted by Gasteiger charge is 2.24. The maximum absolute atomic E-state index is 6.29. The van der Waals surface area contributed by atoms with Gasteiger partial charge in [0.1, 0.15) is 17.4 Å². The molecule has 0 bridgehead atoms. The second kappa shape index (κ2) is 8.36. The molecular weight excluding hydrogens is 411 g/mol. The maximum atomic E-state index is 6.29. The molecule has 0 atom stereocenters. The molecule has 0 radical (unpaired) electrons. The van der Waals surface area contributed by atoms with Gasteiger partial charge in [-0.25, -0.2) is 0 Å². The number of aliphatic imine (C=N–C) groups is 1. The van der Waals surface area contributed by atoms with Crippen molar-refractivity contribution in [3.05, 3.63) is 62.0 Å². The highest BCUT2D eigenvalue weighted by molar-refractivity contribution is 7.15. The van der Waals surface area contributed by atoms with E-state index in [0.717, 1.165) is 39.9 Å². The van der Waals surface area contributed by atoms with Crippen LogP contribution in [0.2, 0.25) is 10.0 Å². The van der Waals surface area contributed by atoms with Crippen LogP contribution in [0.4, 0.5) is 0 Å². The molecule has 1 aromatic carbocycles. The number of nitrogens with zero attached hydrogens (tertiary/aromatic N) is 4. The second-order valence-electron chi connectivity index (χ2n) is 7.03. The first-order valence-electron chi connectivity index (χ1n) is 9.62. The van der Waals surface area contributed by atoms with Gasteiger partial charge in [0.15, 0.2) is 5.82 Å². The predicted molar refractivity (Wildman–Crippen MR) is 118 cm³/mol. The van der Waals surface area contributed by atoms with Gasteiger partial charge in [-0.15, -0.1) is 21.5 Å². The molecule has 0 fully saturated rings. The number of rotatable bonds is 6. The van der Waals surface area contributed by atoms with Crippen molar-refractivity contribution < 1.29 is 0 Å². The summed E-state index contributed by atoms with van der Waals surface area (Å²) in [6.45, 7) is 4.72. The van der Waals surface area contributed by atoms with Crippen LogP contribution in [0.15, 0.2) is 29.3 Å². The van der Waals surface area contributed by atoms with Crippen molar-refractivity contribution in [2.75, 3.05) is 0 Å². The van der Waals surface area contributed by atoms with E-state index in [1.54, 1.807) is 0 Å². The molecule has 7 heteroatoms. The summed E-state index contributed by atoms with van der Waals surface area (Å²) in [6, 6.07) is 7.98. The molecule has 0 N–H and O–H groups in total. The van der Waals surface area contributed by atoms with E-state index >= 15 is 0 Å². The summed E-state index contributed by atoms with van der Waals surface area (Å²) in [5.41, 5.74) is 3.03. The topological polar surface area (TPSA) is 43.1 Å². The van der Waals surface area contributed by atoms with Gasteiger partial charge in [0.05, 0.1) is 15.8 Å². The fraction of sp³-hybridized carbons (Fsp3) is 0.381. The Kier molecular flexibility index (Phi) is 5.85. The van der Waals surface area contributed by atoms with Crippen molar-refractivity contribution in [1.29, 1.82) is 0 Å². The van der Waals surface area contributed by atoms with Crippen molar-refractivity contribution >= 4 is 40.3 Å². The minimum atomic E-state index is 0.490. The van der Waals surface area contributed by atoms with Crippen molar-refractivity contribution in [2.45, 2.75) is 52.5 Å². The Morgan fingerprint density at radius 3 is 2.71 bits per heavy atom. The number of hydrogen-bond acceptors (Lipinski definition) is 4. The van der Waals surface area contributed by atoms with E-state index in [4.69, 9.17) is 28.2 Å². The Labute approximate surface area is 179 Å². The third-order valence-corrected chi connectivity index (χ3v) is 6.88. The number of hydrogen-bond donors (Lipinski definition) is 0. The van der Waals surface area contributed by atoms with Gasteiger partial charge >= 0.3 is 0 Å². The van der Waals surface area contributed by atoms with Crippen LogP contribution in [-0.4, -0.2) is 20.5 Å². The van der Waals surface area contributed by atoms with Gasteiger partial charge in [-0.2, -0.15) is 0 Å². The number of aryl methyl sites for hydroxylation is 2. The van der Waals surface area contributed by atoms with E-state index in [2.05, 4.69) is 27.8 Å². The van der Waals surface area contributed by atoms with Gasteiger partial charge in [0.2, 0.25) is 0 Å². The molecule has 3 aromatic rings. The fourth-order valence-electron chi connectivity index (χ4n) is 3.51. The first kappa shape index (κ1) is 19.6. The molecule has 0 saturated heterocycles. The molecular formula is C21H22Cl2N4S. The summed E-state index contributed by atoms with van der Waals surface area (Å²) in [6.07, 6.45) is 6.10. The Bertz CT molecular complexity index is 1040. The lowest BCUT2D eigenvalue weighted by molar-refractivity contribution is 0.670. The van der Waals surface area contributed by atoms with Crippen LogP contribution >= 0.6 is 34.5 Å². The minimum Gasteiger partial charge on any atom is -0.276 e. The Hall–Kier alpha value is -1.69. The molecule has 0 spiro atoms. The molecule has 1 aliphatic heterocycles. The monoisotopic (exact) mass is 432 g/mol. The summed E-state index contributed by atoms with van der Waals surface area (Å²) in [5, 5.41) is 10.8. The lowest BCUT2D eigenvalue weighted by atomic mass is 10.0. The molecule has 4 rings (SSSR count). The number of halogens is 2. The predicted octanol–water partition coefficient (Wildman–Crippen LogP) is 6.42. The van der Waals surface area contributed by atoms with Crippen LogP contribution in [0.25, 0.3) is 5.00 Å². The summed E-state index contributed by atoms with van der Waals surface area (Å²) >= 11 is 14.2. The van der Waals surface area contributed by atoms with Crippen LogP contribution in [0.1, 0.15) is 60.3 Å². The molecule has 1 aliphatic rings. The Morgan fingerprint density at radius 2 is 1.93 bits per heavy atom. The quantitative estimate of drug-likeness (QED) is 0.421. The van der Waals surface area contributed by atoms with Gasteiger partial charge in [-0.05, 0) is 38.0 Å². The van der Waals surface area contributed by atoms with Crippen LogP contribution in [-0.2, 0) is 13.0 Å². The van der Waals surface area contributed by atoms with Crippen LogP contribution < -0.4 is 0 Å². The SMILES string of the molecule is CCCCCCc1cc2c(s1)-n1c(C)nnc1CN=C2c1ccc(Cl)c(Cl)c1. The molecule has 4 nitrogen and oxygen atoms in total. The molecule has 3 heterocycles. The average Bonchev–Trinajstić information content (AvgIpc) is 3.21. The zero-order valence-electron chi connectivity index (χ0n) is 16.0. The number of benzene rings is 1. The van der Waals surface area contributed by atoms with E-state index in [9.17, 15) is 0 Å². The van der Waals surface area contributed by atoms with Crippen molar-refractivity contribution in [2.24, 2.45) is 4.99 Å². The van der Waals surface area contributed by atoms with E-state index < -0.39 is 0 Å². The summed E-state index contributed by atoms with van der Waals surface area (Å²) in [5.74, 6) is 1.76. The molecule has 0 saturated carbocycles. The lowest BCUT2D eigenvalue weighted by Gasteiger charge is -2.08. The summed E-state index contributed by atoms with van der Waals surface area (Å²) in [7, 11) is 0. The van der Waals surface area contributed by atoms with Gasteiger partial charge in [0, 0.05) is 16.0 Å². The second-order valence-corrected chi connectivity index (χ2v) is 8.96. The van der Waals surface area contributed by atoms with E-state index in [1.165, 1.54) is 30.6 Å². The van der Waals surface area contributed by atoms with Gasteiger partial charge in [-0.1, -0.05) is 55.5 Å². The molecule has 0 aliphatic carbocycles. The number of fused-ring (bicyclic) bond motifs is 3. The smallest absolute Gasteiger partial charge is 0.160 e. The number of aromatic nitrogens is 3. The molecule has 2 aromatic heterocycles. The standard InChI is InChI=1S/C21H22Cl2N4S/c1-3-4-5-6-7-15-11-16-20(14-8-9-17(22)18(23)10-14)24-12-19-26-25-13(2)27(19)21(16)28-15/h8-11H,3-7,12H2,1-2H3. The maximum Gasteiger partial charge on any atom is 0.160 e. The summed E-state index contributed by atoms with van der Waals surface area (Å²) < 4.78 is 2.14. The Balaban J connectivity index is 1.77. The van der Waals surface area contributed by atoms with Gasteiger partial charge < -0.3 is 0 Å². The average molecular weight is 433 g/mol. The Morgan fingerprint density at radius 1 is 1.07 bits per heavy atom. The normalized spacial score (nSPS) is 13.1. The zero-order chi connectivity index (χ0) is 19.7. The van der Waals surface area contributed by atoms with Crippen molar-refractivity contribution in [3.8, 4) is 5.00 Å². The van der Waals surface area contributed by atoms with E-state index in [-0.39, 0.29) is 0 Å². The zero-order valence-corrected chi connectivity index (χ0v) is 18.3. The van der Waals surface area contributed by atoms with E-state index in [0.29, 0.717) is 16.6 Å². The third kappa shape index (κ3) is 3.76. The number of thiophene rings is 1. The summed E-state index contributed by atoms with van der Waals surface area (Å²) in [4.78, 5) is 6.25. The fourth-order valence-corrected chi connectivity index (χ4v) is 5.08. The highest BCUT2D eigenvalue weighted by atomic mass is 35.5. The minimum absolute atomic E-state index is 0.490. The largest absolute Gasteiger partial charge is 0.276 e. The number of unbranched alkanes of at least 4 members (excludes halogenated alkanes) is 3. The molecule has 28 heavy (non-hydrogen) atoms. The highest BCUT2D eigenvalue weighted by Crippen LogP contribution is 2.35. The molecule has 146 valence electrons. The molecule has 0 amide bonds. The van der Waals surface area contributed by atoms with Crippen LogP contribution in [0.5, 0.6) is 0 Å². The molecule has 0 unspecified atom stereocenters. The van der Waals surface area contributed by atoms with Crippen molar-refractivity contribution in [3.63, 3.8) is 0 Å².